The molecule has 14 aromatic carbocycles. The third-order valence-corrected chi connectivity index (χ3v) is 22.2. The second-order valence-corrected chi connectivity index (χ2v) is 28.0. The van der Waals surface area contributed by atoms with Gasteiger partial charge in [-0.05, 0) is 151 Å². The third kappa shape index (κ3) is 7.54. The van der Waals surface area contributed by atoms with E-state index in [2.05, 4.69) is 339 Å². The van der Waals surface area contributed by atoms with E-state index in [0.717, 1.165) is 72.4 Å². The first-order chi connectivity index (χ1) is 47.6. The summed E-state index contributed by atoms with van der Waals surface area (Å²) in [5.41, 5.74) is 33.0. The van der Waals surface area contributed by atoms with E-state index in [1.165, 1.54) is 127 Å². The van der Waals surface area contributed by atoms with Gasteiger partial charge in [0.2, 0.25) is 0 Å². The monoisotopic (exact) mass is 1240 g/mol. The van der Waals surface area contributed by atoms with Crippen LogP contribution in [0.5, 0.6) is 0 Å². The number of para-hydroxylation sites is 2. The molecule has 0 aliphatic heterocycles. The molecule has 3 aliphatic carbocycles. The predicted molar refractivity (Wildman–Crippen MR) is 404 cm³/mol. The summed E-state index contributed by atoms with van der Waals surface area (Å²) in [6.07, 6.45) is 0. The van der Waals surface area contributed by atoms with Gasteiger partial charge in [0.1, 0.15) is 0 Å². The molecule has 0 saturated heterocycles. The zero-order valence-corrected chi connectivity index (χ0v) is 54.0. The Hall–Kier alpha value is -12.2. The van der Waals surface area contributed by atoms with Crippen LogP contribution in [-0.4, -0.2) is 23.7 Å². The van der Waals surface area contributed by atoms with Crippen molar-refractivity contribution < 1.29 is 0 Å². The summed E-state index contributed by atoms with van der Waals surface area (Å²) in [6, 6.07) is 111. The second-order valence-electron chi connectivity index (χ2n) is 28.0. The van der Waals surface area contributed by atoms with Gasteiger partial charge in [-0.25, -0.2) is 9.97 Å². The van der Waals surface area contributed by atoms with Gasteiger partial charge in [-0.1, -0.05) is 246 Å². The van der Waals surface area contributed by atoms with Crippen molar-refractivity contribution in [3.63, 3.8) is 0 Å². The topological polar surface area (TPSA) is 40.6 Å². The van der Waals surface area contributed by atoms with Gasteiger partial charge in [0.25, 0.3) is 0 Å². The van der Waals surface area contributed by atoms with Gasteiger partial charge in [0.15, 0.2) is 5.82 Å². The van der Waals surface area contributed by atoms with Crippen LogP contribution >= 0.6 is 0 Å². The molecule has 0 saturated carbocycles. The quantitative estimate of drug-likeness (QED) is 0.160. The Kier molecular flexibility index (Phi) is 11.0. The van der Waals surface area contributed by atoms with E-state index in [9.17, 15) is 0 Å². The van der Waals surface area contributed by atoms with E-state index < -0.39 is 0 Å². The molecule has 0 fully saturated rings. The van der Waals surface area contributed by atoms with Gasteiger partial charge < -0.3 is 13.7 Å². The highest BCUT2D eigenvalue weighted by Crippen LogP contribution is 2.55. The van der Waals surface area contributed by atoms with E-state index in [-0.39, 0.29) is 10.8 Å². The molecule has 5 heteroatoms. The lowest BCUT2D eigenvalue weighted by Gasteiger charge is -2.22. The Morgan fingerprint density at radius 2 is 0.670 bits per heavy atom. The van der Waals surface area contributed by atoms with Crippen LogP contribution in [0.3, 0.4) is 0 Å². The maximum Gasteiger partial charge on any atom is 0.160 e. The molecule has 0 bridgehead atoms. The standard InChI is InChI=1S/C92H61N5/c1-91(2)75-30-15-11-24-62(75)64-42-38-60(52-77(64)91)95-79-32-17-13-26-66(79)73-48-56(36-45-82(73)95)58-34-40-68-69-41-35-59(57-37-46-83-74(49-57)67-27-14-18-33-80(67)96(83)61-39-43-65-63-25-12-16-31-76(63)92(3,4)78(65)53-61)51-85(69)97(84(68)50-58)81-47-44-71-86-70(81)28-19-29-72(86)89-87(71)88(54-20-7-5-8-21-54)93-90(94-89)55-22-9-6-10-23-55/h5-53H,1-4H3. The summed E-state index contributed by atoms with van der Waals surface area (Å²) >= 11 is 0. The summed E-state index contributed by atoms with van der Waals surface area (Å²) in [4.78, 5) is 10.9. The average Bonchev–Trinajstić information content (AvgIpc) is 1.57. The fourth-order valence-corrected chi connectivity index (χ4v) is 17.6. The Labute approximate surface area is 561 Å². The summed E-state index contributed by atoms with van der Waals surface area (Å²) in [7, 11) is 0. The molecule has 97 heavy (non-hydrogen) atoms. The normalized spacial score (nSPS) is 13.7. The van der Waals surface area contributed by atoms with Crippen LogP contribution in [0.1, 0.15) is 49.9 Å². The summed E-state index contributed by atoms with van der Waals surface area (Å²) < 4.78 is 7.50. The van der Waals surface area contributed by atoms with Crippen LogP contribution in [0, 0.1) is 0 Å². The third-order valence-electron chi connectivity index (χ3n) is 22.2. The van der Waals surface area contributed by atoms with Crippen LogP contribution in [0.4, 0.5) is 0 Å². The Morgan fingerprint density at radius 3 is 1.24 bits per heavy atom. The van der Waals surface area contributed by atoms with Gasteiger partial charge in [-0.3, -0.25) is 0 Å². The Bertz CT molecular complexity index is 6210. The van der Waals surface area contributed by atoms with E-state index in [1.54, 1.807) is 0 Å². The van der Waals surface area contributed by atoms with Gasteiger partial charge in [-0.15, -0.1) is 0 Å². The van der Waals surface area contributed by atoms with Crippen molar-refractivity contribution in [1.29, 1.82) is 0 Å². The molecule has 0 amide bonds. The molecule has 18 aromatic rings. The highest BCUT2D eigenvalue weighted by molar-refractivity contribution is 6.21. The number of aromatic nitrogens is 5. The van der Waals surface area contributed by atoms with Crippen LogP contribution < -0.4 is 0 Å². The van der Waals surface area contributed by atoms with Crippen molar-refractivity contribution in [3.05, 3.63) is 320 Å². The molecule has 4 aromatic heterocycles. The minimum absolute atomic E-state index is 0.116. The first-order valence-electron chi connectivity index (χ1n) is 33.9. The molecule has 0 radical (unpaired) electrons. The summed E-state index contributed by atoms with van der Waals surface area (Å²) in [5, 5.41) is 9.65. The molecule has 4 heterocycles. The minimum Gasteiger partial charge on any atom is -0.309 e. The van der Waals surface area contributed by atoms with E-state index in [0.29, 0.717) is 5.82 Å². The molecule has 3 aliphatic rings. The number of hydrogen-bond donors (Lipinski definition) is 0. The molecule has 0 unspecified atom stereocenters. The molecular weight excluding hydrogens is 1180 g/mol. The number of nitrogens with zero attached hydrogens (tertiary/aromatic N) is 5. The smallest absolute Gasteiger partial charge is 0.160 e. The van der Waals surface area contributed by atoms with Crippen LogP contribution in [-0.2, 0) is 10.8 Å². The van der Waals surface area contributed by atoms with Crippen molar-refractivity contribution in [1.82, 2.24) is 23.7 Å². The summed E-state index contributed by atoms with van der Waals surface area (Å²) in [6.45, 7) is 9.47. The maximum absolute atomic E-state index is 5.48. The molecule has 21 rings (SSSR count). The molecule has 0 N–H and O–H groups in total. The highest BCUT2D eigenvalue weighted by Gasteiger charge is 2.38. The van der Waals surface area contributed by atoms with Crippen molar-refractivity contribution in [3.8, 4) is 107 Å². The number of benzene rings is 14. The first kappa shape index (κ1) is 54.2. The van der Waals surface area contributed by atoms with Crippen LogP contribution in [0.25, 0.3) is 183 Å². The van der Waals surface area contributed by atoms with Gasteiger partial charge >= 0.3 is 0 Å². The second kappa shape index (κ2) is 19.7. The lowest BCUT2D eigenvalue weighted by atomic mass is 9.82. The van der Waals surface area contributed by atoms with Gasteiger partial charge in [-0.2, -0.15) is 0 Å². The largest absolute Gasteiger partial charge is 0.309 e. The van der Waals surface area contributed by atoms with Gasteiger partial charge in [0.05, 0.1) is 50.2 Å². The van der Waals surface area contributed by atoms with E-state index in [4.69, 9.17) is 9.97 Å². The Balaban J connectivity index is 0.758. The molecule has 5 nitrogen and oxygen atoms in total. The zero-order valence-electron chi connectivity index (χ0n) is 54.0. The van der Waals surface area contributed by atoms with Crippen LogP contribution in [0.15, 0.2) is 297 Å². The number of rotatable bonds is 7. The maximum atomic E-state index is 5.48. The fourth-order valence-electron chi connectivity index (χ4n) is 17.6. The molecule has 0 atom stereocenters. The van der Waals surface area contributed by atoms with Crippen molar-refractivity contribution >= 4 is 76.2 Å². The number of fused-ring (bicyclic) bond motifs is 18. The van der Waals surface area contributed by atoms with Crippen LogP contribution in [0.2, 0.25) is 0 Å². The van der Waals surface area contributed by atoms with E-state index >= 15 is 0 Å². The average molecular weight is 1240 g/mol. The molecule has 0 spiro atoms. The SMILES string of the molecule is CC1(C)c2ccccc2-c2ccc(-n3c4ccccc4c4cc(-c5ccc6c7ccc(-c8ccc9c(c8)c8ccccc8n9-c8ccc9c(c8)C(C)(C)c8ccccc8-9)cc7n(-c7ccc8c9c(cccc79)-c7nc(-c9ccccc9)nc(-c9ccccc9)c7-8)c6c5)ccc43)cc21. The van der Waals surface area contributed by atoms with Crippen molar-refractivity contribution in [2.75, 3.05) is 0 Å². The highest BCUT2D eigenvalue weighted by atomic mass is 15.0. The van der Waals surface area contributed by atoms with E-state index in [1.807, 2.05) is 0 Å². The van der Waals surface area contributed by atoms with Crippen molar-refractivity contribution in [2.45, 2.75) is 38.5 Å². The first-order valence-corrected chi connectivity index (χ1v) is 33.9. The van der Waals surface area contributed by atoms with Gasteiger partial charge in [0, 0.05) is 87.5 Å². The lowest BCUT2D eigenvalue weighted by Crippen LogP contribution is -2.15. The lowest BCUT2D eigenvalue weighted by molar-refractivity contribution is 0.660. The molecular formula is C92H61N5. The summed E-state index contributed by atoms with van der Waals surface area (Å²) in [5.74, 6) is 0.716. The fraction of sp³-hybridized carbons (Fsp3) is 0.0652. The number of hydrogen-bond acceptors (Lipinski definition) is 2. The zero-order chi connectivity index (χ0) is 64.2. The Morgan fingerprint density at radius 1 is 0.247 bits per heavy atom. The predicted octanol–water partition coefficient (Wildman–Crippen LogP) is 23.8. The minimum atomic E-state index is -0.116. The van der Waals surface area contributed by atoms with Crippen molar-refractivity contribution in [2.24, 2.45) is 0 Å². The molecule has 454 valence electrons.